The van der Waals surface area contributed by atoms with E-state index in [1.807, 2.05) is 18.2 Å². The first-order valence-corrected chi connectivity index (χ1v) is 8.77. The Morgan fingerprint density at radius 1 is 1.16 bits per heavy atom. The Labute approximate surface area is 156 Å². The van der Waals surface area contributed by atoms with Gasteiger partial charge in [0.1, 0.15) is 11.2 Å². The van der Waals surface area contributed by atoms with E-state index in [4.69, 9.17) is 23.2 Å². The van der Waals surface area contributed by atoms with E-state index in [1.54, 1.807) is 24.5 Å². The second kappa shape index (κ2) is 6.79. The zero-order valence-corrected chi connectivity index (χ0v) is 14.9. The average Bonchev–Trinajstić information content (AvgIpc) is 3.25. The molecule has 3 aromatic heterocycles. The zero-order valence-electron chi connectivity index (χ0n) is 12.6. The van der Waals surface area contributed by atoms with Crippen molar-refractivity contribution in [2.45, 2.75) is 0 Å². The Bertz CT molecular complexity index is 1000. The van der Waals surface area contributed by atoms with Crippen molar-refractivity contribution in [2.75, 3.05) is 5.32 Å². The highest BCUT2D eigenvalue weighted by Gasteiger charge is 2.19. The summed E-state index contributed by atoms with van der Waals surface area (Å²) in [5.41, 5.74) is 2.32. The molecule has 0 saturated heterocycles. The predicted octanol–water partition coefficient (Wildman–Crippen LogP) is 5.04. The number of benzene rings is 1. The van der Waals surface area contributed by atoms with Gasteiger partial charge in [0.25, 0.3) is 0 Å². The third-order valence-corrected chi connectivity index (χ3v) is 4.88. The molecule has 0 atom stereocenters. The Hall–Kier alpha value is -2.48. The summed E-state index contributed by atoms with van der Waals surface area (Å²) >= 11 is 13.8. The summed E-state index contributed by atoms with van der Waals surface area (Å²) in [5.74, 6) is 0.623. The standard InChI is InChI=1S/C16H10Cl2N6S/c17-9-3-4-11(12(18)6-9)13-14(15-20-8-21-24-15)25-16(23-13)22-10-2-1-5-19-7-10/h1-8H,(H,22,23)(H,20,21,24). The van der Waals surface area contributed by atoms with Crippen molar-refractivity contribution in [3.05, 3.63) is 59.1 Å². The van der Waals surface area contributed by atoms with Crippen LogP contribution in [0, 0.1) is 0 Å². The van der Waals surface area contributed by atoms with E-state index in [1.165, 1.54) is 17.7 Å². The number of hydrogen-bond acceptors (Lipinski definition) is 6. The van der Waals surface area contributed by atoms with Crippen LogP contribution in [-0.2, 0) is 0 Å². The number of anilines is 2. The molecule has 0 amide bonds. The quantitative estimate of drug-likeness (QED) is 0.511. The number of rotatable bonds is 4. The van der Waals surface area contributed by atoms with Gasteiger partial charge >= 0.3 is 0 Å². The molecule has 4 aromatic rings. The molecule has 0 aliphatic carbocycles. The molecule has 25 heavy (non-hydrogen) atoms. The van der Waals surface area contributed by atoms with E-state index in [-0.39, 0.29) is 0 Å². The van der Waals surface area contributed by atoms with Gasteiger partial charge in [0.15, 0.2) is 11.0 Å². The third-order valence-electron chi connectivity index (χ3n) is 3.36. The number of thiazole rings is 1. The van der Waals surface area contributed by atoms with Crippen LogP contribution < -0.4 is 5.32 Å². The van der Waals surface area contributed by atoms with Crippen molar-refractivity contribution < 1.29 is 0 Å². The molecule has 0 fully saturated rings. The van der Waals surface area contributed by atoms with Crippen LogP contribution in [0.4, 0.5) is 10.8 Å². The van der Waals surface area contributed by atoms with Gasteiger partial charge in [0.05, 0.1) is 22.6 Å². The van der Waals surface area contributed by atoms with Crippen LogP contribution in [0.5, 0.6) is 0 Å². The number of nitrogens with zero attached hydrogens (tertiary/aromatic N) is 4. The molecule has 1 aromatic carbocycles. The average molecular weight is 389 g/mol. The van der Waals surface area contributed by atoms with Gasteiger partial charge in [-0.1, -0.05) is 34.5 Å². The van der Waals surface area contributed by atoms with Crippen molar-refractivity contribution in [2.24, 2.45) is 0 Å². The molecular weight excluding hydrogens is 379 g/mol. The molecule has 2 N–H and O–H groups in total. The topological polar surface area (TPSA) is 79.4 Å². The number of aromatic amines is 1. The van der Waals surface area contributed by atoms with Crippen molar-refractivity contribution in [3.63, 3.8) is 0 Å². The summed E-state index contributed by atoms with van der Waals surface area (Å²) in [4.78, 5) is 13.8. The monoisotopic (exact) mass is 388 g/mol. The van der Waals surface area contributed by atoms with Crippen LogP contribution in [0.25, 0.3) is 22.0 Å². The SMILES string of the molecule is Clc1ccc(-c2nc(Nc3cccnc3)sc2-c2ncn[nH]2)c(Cl)c1. The summed E-state index contributed by atoms with van der Waals surface area (Å²) in [6.07, 6.45) is 4.90. The Morgan fingerprint density at radius 2 is 2.08 bits per heavy atom. The number of hydrogen-bond donors (Lipinski definition) is 2. The fraction of sp³-hybridized carbons (Fsp3) is 0. The Balaban J connectivity index is 1.81. The highest BCUT2D eigenvalue weighted by atomic mass is 35.5. The fourth-order valence-corrected chi connectivity index (χ4v) is 3.72. The number of aromatic nitrogens is 5. The summed E-state index contributed by atoms with van der Waals surface area (Å²) < 4.78 is 0. The minimum absolute atomic E-state index is 0.520. The Kier molecular flexibility index (Phi) is 4.35. The van der Waals surface area contributed by atoms with Crippen molar-refractivity contribution >= 4 is 45.4 Å². The van der Waals surface area contributed by atoms with Crippen LogP contribution >= 0.6 is 34.5 Å². The van der Waals surface area contributed by atoms with Crippen molar-refractivity contribution in [3.8, 4) is 22.0 Å². The minimum Gasteiger partial charge on any atom is -0.330 e. The first kappa shape index (κ1) is 16.0. The van der Waals surface area contributed by atoms with Gasteiger partial charge in [-0.25, -0.2) is 9.97 Å². The van der Waals surface area contributed by atoms with Crippen LogP contribution in [0.3, 0.4) is 0 Å². The summed E-state index contributed by atoms with van der Waals surface area (Å²) in [6.45, 7) is 0. The maximum atomic E-state index is 6.37. The highest BCUT2D eigenvalue weighted by Crippen LogP contribution is 2.41. The molecule has 6 nitrogen and oxygen atoms in total. The molecule has 124 valence electrons. The van der Waals surface area contributed by atoms with E-state index in [0.29, 0.717) is 26.7 Å². The lowest BCUT2D eigenvalue weighted by molar-refractivity contribution is 1.10. The Morgan fingerprint density at radius 3 is 2.80 bits per heavy atom. The van der Waals surface area contributed by atoms with Crippen molar-refractivity contribution in [1.82, 2.24) is 25.1 Å². The maximum absolute atomic E-state index is 6.37. The predicted molar refractivity (Wildman–Crippen MR) is 100 cm³/mol. The molecule has 4 rings (SSSR count). The van der Waals surface area contributed by atoms with E-state index in [9.17, 15) is 0 Å². The van der Waals surface area contributed by atoms with Crippen molar-refractivity contribution in [1.29, 1.82) is 0 Å². The van der Waals surface area contributed by atoms with E-state index in [0.717, 1.165) is 16.1 Å². The third kappa shape index (κ3) is 3.34. The number of halogens is 2. The summed E-state index contributed by atoms with van der Waals surface area (Å²) in [5, 5.41) is 11.8. The smallest absolute Gasteiger partial charge is 0.188 e. The van der Waals surface area contributed by atoms with Crippen LogP contribution in [0.15, 0.2) is 49.1 Å². The van der Waals surface area contributed by atoms with Gasteiger partial charge in [-0.2, -0.15) is 5.10 Å². The molecule has 0 radical (unpaired) electrons. The van der Waals surface area contributed by atoms with Gasteiger partial charge in [-0.3, -0.25) is 10.1 Å². The van der Waals surface area contributed by atoms with Gasteiger partial charge in [-0.05, 0) is 30.3 Å². The molecular formula is C16H10Cl2N6S. The van der Waals surface area contributed by atoms with Crippen LogP contribution in [0.2, 0.25) is 10.0 Å². The summed E-state index contributed by atoms with van der Waals surface area (Å²) in [7, 11) is 0. The number of pyridine rings is 1. The number of nitrogens with one attached hydrogen (secondary N) is 2. The molecule has 0 aliphatic heterocycles. The van der Waals surface area contributed by atoms with Gasteiger partial charge in [0.2, 0.25) is 0 Å². The molecule has 3 heterocycles. The molecule has 0 bridgehead atoms. The lowest BCUT2D eigenvalue weighted by Crippen LogP contribution is -1.90. The second-order valence-electron chi connectivity index (χ2n) is 5.02. The van der Waals surface area contributed by atoms with Gasteiger partial charge in [0, 0.05) is 16.8 Å². The molecule has 9 heteroatoms. The first-order valence-electron chi connectivity index (χ1n) is 7.20. The van der Waals surface area contributed by atoms with Gasteiger partial charge < -0.3 is 5.32 Å². The summed E-state index contributed by atoms with van der Waals surface area (Å²) in [6, 6.07) is 9.08. The van der Waals surface area contributed by atoms with Crippen LogP contribution in [0.1, 0.15) is 0 Å². The van der Waals surface area contributed by atoms with E-state index in [2.05, 4.69) is 30.5 Å². The minimum atomic E-state index is 0.520. The lowest BCUT2D eigenvalue weighted by atomic mass is 10.1. The second-order valence-corrected chi connectivity index (χ2v) is 6.86. The van der Waals surface area contributed by atoms with E-state index < -0.39 is 0 Å². The first-order chi connectivity index (χ1) is 12.2. The molecule has 0 saturated carbocycles. The maximum Gasteiger partial charge on any atom is 0.188 e. The lowest BCUT2D eigenvalue weighted by Gasteiger charge is -2.03. The molecule has 0 unspecified atom stereocenters. The highest BCUT2D eigenvalue weighted by molar-refractivity contribution is 7.19. The molecule has 0 spiro atoms. The van der Waals surface area contributed by atoms with Gasteiger partial charge in [-0.15, -0.1) is 0 Å². The largest absolute Gasteiger partial charge is 0.330 e. The molecule has 0 aliphatic rings. The fourth-order valence-electron chi connectivity index (χ4n) is 2.27. The van der Waals surface area contributed by atoms with E-state index >= 15 is 0 Å². The zero-order chi connectivity index (χ0) is 17.2. The van der Waals surface area contributed by atoms with Crippen LogP contribution in [-0.4, -0.2) is 25.1 Å². The normalized spacial score (nSPS) is 10.8. The number of H-pyrrole nitrogens is 1.